The number of rotatable bonds is 0. The van der Waals surface area contributed by atoms with Gasteiger partial charge in [-0.2, -0.15) is 0 Å². The van der Waals surface area contributed by atoms with Crippen molar-refractivity contribution < 1.29 is 0 Å². The summed E-state index contributed by atoms with van der Waals surface area (Å²) in [7, 11) is 0. The summed E-state index contributed by atoms with van der Waals surface area (Å²) in [4.78, 5) is 0. The van der Waals surface area contributed by atoms with Crippen LogP contribution in [0.2, 0.25) is 4.34 Å². The third-order valence-electron chi connectivity index (χ3n) is 1.45. The molecule has 0 aliphatic carbocycles. The molecule has 0 saturated heterocycles. The number of thiophene rings is 1. The number of hydrogen-bond acceptors (Lipinski definition) is 1. The average molecular weight is 254 g/mol. The zero-order chi connectivity index (χ0) is 8.65. The molecule has 0 atom stereocenters. The summed E-state index contributed by atoms with van der Waals surface area (Å²) in [6.45, 7) is 6.48. The van der Waals surface area contributed by atoms with Gasteiger partial charge in [0, 0.05) is 15.4 Å². The summed E-state index contributed by atoms with van der Waals surface area (Å²) in [5.74, 6) is 0. The highest BCUT2D eigenvalue weighted by Crippen LogP contribution is 2.39. The molecule has 0 aromatic carbocycles. The molecule has 0 N–H and O–H groups in total. The molecule has 1 rings (SSSR count). The first-order valence-corrected chi connectivity index (χ1v) is 5.41. The SMILES string of the molecule is CC(C)(C)c1c(Br)csc1Cl. The van der Waals surface area contributed by atoms with E-state index in [9.17, 15) is 0 Å². The Morgan fingerprint density at radius 2 is 2.00 bits per heavy atom. The van der Waals surface area contributed by atoms with Gasteiger partial charge >= 0.3 is 0 Å². The minimum Gasteiger partial charge on any atom is -0.130 e. The van der Waals surface area contributed by atoms with Crippen molar-refractivity contribution in [1.82, 2.24) is 0 Å². The second-order valence-electron chi connectivity index (χ2n) is 3.48. The highest BCUT2D eigenvalue weighted by Gasteiger charge is 2.21. The summed E-state index contributed by atoms with van der Waals surface area (Å²) < 4.78 is 2.02. The molecule has 0 nitrogen and oxygen atoms in total. The van der Waals surface area contributed by atoms with Crippen molar-refractivity contribution in [3.8, 4) is 0 Å². The van der Waals surface area contributed by atoms with E-state index in [-0.39, 0.29) is 5.41 Å². The molecule has 0 saturated carbocycles. The first-order chi connectivity index (χ1) is 4.93. The van der Waals surface area contributed by atoms with Gasteiger partial charge < -0.3 is 0 Å². The molecule has 0 aliphatic heterocycles. The van der Waals surface area contributed by atoms with Crippen LogP contribution in [0, 0.1) is 0 Å². The van der Waals surface area contributed by atoms with E-state index in [0.29, 0.717) is 0 Å². The van der Waals surface area contributed by atoms with Crippen molar-refractivity contribution in [2.45, 2.75) is 26.2 Å². The number of hydrogen-bond donors (Lipinski definition) is 0. The molecule has 0 fully saturated rings. The fraction of sp³-hybridized carbons (Fsp3) is 0.500. The molecule has 0 unspecified atom stereocenters. The monoisotopic (exact) mass is 252 g/mol. The zero-order valence-electron chi connectivity index (χ0n) is 6.74. The Kier molecular flexibility index (Phi) is 2.67. The Labute approximate surface area is 84.7 Å². The normalized spacial score (nSPS) is 12.1. The van der Waals surface area contributed by atoms with E-state index in [4.69, 9.17) is 11.6 Å². The average Bonchev–Trinajstić information content (AvgIpc) is 2.08. The van der Waals surface area contributed by atoms with Gasteiger partial charge in [0.2, 0.25) is 0 Å². The van der Waals surface area contributed by atoms with Crippen LogP contribution in [-0.2, 0) is 5.41 Å². The maximum absolute atomic E-state index is 6.02. The Hall–Kier alpha value is 0.470. The fourth-order valence-corrected chi connectivity index (χ4v) is 3.66. The van der Waals surface area contributed by atoms with Gasteiger partial charge in [0.1, 0.15) is 0 Å². The fourth-order valence-electron chi connectivity index (χ4n) is 0.968. The van der Waals surface area contributed by atoms with Crippen LogP contribution in [0.25, 0.3) is 0 Å². The zero-order valence-corrected chi connectivity index (χ0v) is 9.90. The lowest BCUT2D eigenvalue weighted by Gasteiger charge is -2.18. The summed E-state index contributed by atoms with van der Waals surface area (Å²) in [6, 6.07) is 0. The van der Waals surface area contributed by atoms with Gasteiger partial charge in [-0.15, -0.1) is 11.3 Å². The Morgan fingerprint density at radius 1 is 1.45 bits per heavy atom. The van der Waals surface area contributed by atoms with E-state index in [0.717, 1.165) is 8.81 Å². The van der Waals surface area contributed by atoms with Crippen molar-refractivity contribution in [1.29, 1.82) is 0 Å². The maximum atomic E-state index is 6.02. The molecule has 0 spiro atoms. The number of halogens is 2. The van der Waals surface area contributed by atoms with Gasteiger partial charge in [-0.25, -0.2) is 0 Å². The van der Waals surface area contributed by atoms with Crippen molar-refractivity contribution in [2.75, 3.05) is 0 Å². The minimum absolute atomic E-state index is 0.135. The Bertz CT molecular complexity index is 240. The third-order valence-corrected chi connectivity index (χ3v) is 3.60. The van der Waals surface area contributed by atoms with Crippen LogP contribution in [0.3, 0.4) is 0 Å². The molecule has 0 bridgehead atoms. The summed E-state index contributed by atoms with van der Waals surface area (Å²) in [5.41, 5.74) is 1.35. The van der Waals surface area contributed by atoms with Gasteiger partial charge in [0.15, 0.2) is 0 Å². The molecule has 11 heavy (non-hydrogen) atoms. The van der Waals surface area contributed by atoms with Crippen LogP contribution in [0.5, 0.6) is 0 Å². The van der Waals surface area contributed by atoms with E-state index >= 15 is 0 Å². The van der Waals surface area contributed by atoms with Crippen LogP contribution in [-0.4, -0.2) is 0 Å². The van der Waals surface area contributed by atoms with E-state index in [2.05, 4.69) is 36.7 Å². The molecule has 0 radical (unpaired) electrons. The van der Waals surface area contributed by atoms with Crippen LogP contribution in [0.4, 0.5) is 0 Å². The standard InChI is InChI=1S/C8H10BrClS/c1-8(2,3)6-5(9)4-11-7(6)10/h4H,1-3H3. The molecule has 1 aromatic rings. The quantitative estimate of drug-likeness (QED) is 0.640. The van der Waals surface area contributed by atoms with Crippen LogP contribution in [0.1, 0.15) is 26.3 Å². The molecule has 1 heterocycles. The second kappa shape index (κ2) is 3.08. The molecule has 0 aliphatic rings. The topological polar surface area (TPSA) is 0 Å². The van der Waals surface area contributed by atoms with Crippen molar-refractivity contribution in [2.24, 2.45) is 0 Å². The summed E-state index contributed by atoms with van der Waals surface area (Å²) >= 11 is 11.1. The molecule has 3 heteroatoms. The second-order valence-corrected chi connectivity index (χ2v) is 5.82. The molecule has 0 amide bonds. The predicted octanol–water partition coefficient (Wildman–Crippen LogP) is 4.46. The lowest BCUT2D eigenvalue weighted by molar-refractivity contribution is 0.590. The Morgan fingerprint density at radius 3 is 2.18 bits per heavy atom. The molecular weight excluding hydrogens is 244 g/mol. The molecule has 62 valence electrons. The molecular formula is C8H10BrClS. The van der Waals surface area contributed by atoms with Gasteiger partial charge in [-0.1, -0.05) is 32.4 Å². The maximum Gasteiger partial charge on any atom is 0.0977 e. The van der Waals surface area contributed by atoms with Gasteiger partial charge in [0.25, 0.3) is 0 Å². The van der Waals surface area contributed by atoms with E-state index in [1.54, 1.807) is 11.3 Å². The third kappa shape index (κ3) is 1.98. The van der Waals surface area contributed by atoms with Crippen LogP contribution >= 0.6 is 38.9 Å². The van der Waals surface area contributed by atoms with Crippen molar-refractivity contribution in [3.63, 3.8) is 0 Å². The van der Waals surface area contributed by atoms with Crippen molar-refractivity contribution >= 4 is 38.9 Å². The van der Waals surface area contributed by atoms with Crippen LogP contribution < -0.4 is 0 Å². The van der Waals surface area contributed by atoms with E-state index in [1.165, 1.54) is 5.56 Å². The minimum atomic E-state index is 0.135. The lowest BCUT2D eigenvalue weighted by atomic mass is 9.89. The smallest absolute Gasteiger partial charge is 0.0977 e. The van der Waals surface area contributed by atoms with E-state index in [1.807, 2.05) is 5.38 Å². The Balaban J connectivity index is 3.21. The summed E-state index contributed by atoms with van der Waals surface area (Å²) in [5, 5.41) is 2.03. The van der Waals surface area contributed by atoms with Crippen molar-refractivity contribution in [3.05, 3.63) is 19.8 Å². The largest absolute Gasteiger partial charge is 0.130 e. The highest BCUT2D eigenvalue weighted by atomic mass is 79.9. The molecule has 1 aromatic heterocycles. The van der Waals surface area contributed by atoms with Gasteiger partial charge in [-0.05, 0) is 21.3 Å². The van der Waals surface area contributed by atoms with E-state index < -0.39 is 0 Å². The predicted molar refractivity (Wildman–Crippen MR) is 55.7 cm³/mol. The van der Waals surface area contributed by atoms with Gasteiger partial charge in [0.05, 0.1) is 4.34 Å². The lowest BCUT2D eigenvalue weighted by Crippen LogP contribution is -2.10. The highest BCUT2D eigenvalue weighted by molar-refractivity contribution is 9.10. The first kappa shape index (κ1) is 9.56. The first-order valence-electron chi connectivity index (χ1n) is 3.36. The van der Waals surface area contributed by atoms with Crippen LogP contribution in [0.15, 0.2) is 9.85 Å². The van der Waals surface area contributed by atoms with Gasteiger partial charge in [-0.3, -0.25) is 0 Å². The summed E-state index contributed by atoms with van der Waals surface area (Å²) in [6.07, 6.45) is 0.